The fourth-order valence-corrected chi connectivity index (χ4v) is 3.06. The third kappa shape index (κ3) is 4.33. The number of amides is 2. The highest BCUT2D eigenvalue weighted by atomic mass is 16.7. The van der Waals surface area contributed by atoms with Gasteiger partial charge in [0.1, 0.15) is 12.7 Å². The number of aliphatic hydroxyl groups is 1. The fraction of sp³-hybridized carbons (Fsp3) is 0.444. The summed E-state index contributed by atoms with van der Waals surface area (Å²) in [4.78, 5) is 31.8. The molecule has 2 aliphatic heterocycles. The molecule has 0 saturated carbocycles. The van der Waals surface area contributed by atoms with Crippen molar-refractivity contribution in [3.63, 3.8) is 0 Å². The third-order valence-corrected chi connectivity index (χ3v) is 4.54. The maximum atomic E-state index is 11.5. The van der Waals surface area contributed by atoms with Crippen molar-refractivity contribution in [2.75, 3.05) is 44.2 Å². The molecule has 0 aliphatic carbocycles. The van der Waals surface area contributed by atoms with Crippen LogP contribution in [0.4, 0.5) is 5.69 Å². The first-order valence-electron chi connectivity index (χ1n) is 8.69. The smallest absolute Gasteiger partial charge is 0.248 e. The monoisotopic (exact) mass is 360 g/mol. The number of hydrogen-bond donors (Lipinski definition) is 3. The van der Waals surface area contributed by atoms with Crippen LogP contribution in [-0.4, -0.2) is 67.3 Å². The maximum absolute atomic E-state index is 11.5. The van der Waals surface area contributed by atoms with Crippen molar-refractivity contribution in [2.45, 2.75) is 13.0 Å². The molecule has 1 aromatic carbocycles. The molecular weight excluding hydrogens is 336 g/mol. The molecule has 140 valence electrons. The molecule has 1 atom stereocenters. The molecule has 3 rings (SSSR count). The Bertz CT molecular complexity index is 681. The van der Waals surface area contributed by atoms with E-state index in [-0.39, 0.29) is 17.9 Å². The van der Waals surface area contributed by atoms with Crippen LogP contribution in [0.2, 0.25) is 0 Å². The van der Waals surface area contributed by atoms with Gasteiger partial charge < -0.3 is 20.2 Å². The second-order valence-electron chi connectivity index (χ2n) is 6.35. The normalized spacial score (nSPS) is 19.8. The number of hydroxylamine groups is 1. The highest BCUT2D eigenvalue weighted by Gasteiger charge is 2.21. The van der Waals surface area contributed by atoms with E-state index in [2.05, 4.69) is 15.7 Å². The molecule has 0 bridgehead atoms. The summed E-state index contributed by atoms with van der Waals surface area (Å²) in [6, 6.07) is 8.12. The number of carbonyl (C=O) groups excluding carboxylic acids is 2. The van der Waals surface area contributed by atoms with Gasteiger partial charge in [0.05, 0.1) is 12.2 Å². The summed E-state index contributed by atoms with van der Waals surface area (Å²) in [6.07, 6.45) is 1.76. The van der Waals surface area contributed by atoms with Gasteiger partial charge in [0.25, 0.3) is 0 Å². The topological polar surface area (TPSA) is 94.1 Å². The van der Waals surface area contributed by atoms with Crippen LogP contribution in [0.5, 0.6) is 0 Å². The number of nitrogens with one attached hydrogen (secondary N) is 2. The van der Waals surface area contributed by atoms with Gasteiger partial charge in [0.15, 0.2) is 0 Å². The molecule has 2 amide bonds. The second-order valence-corrected chi connectivity index (χ2v) is 6.35. The predicted molar refractivity (Wildman–Crippen MR) is 97.0 cm³/mol. The Balaban J connectivity index is 1.57. The average Bonchev–Trinajstić information content (AvgIpc) is 3.15. The van der Waals surface area contributed by atoms with Crippen LogP contribution in [0.3, 0.4) is 0 Å². The van der Waals surface area contributed by atoms with Crippen LogP contribution in [0, 0.1) is 0 Å². The van der Waals surface area contributed by atoms with E-state index in [1.165, 1.54) is 6.92 Å². The number of nitrogens with zero attached hydrogens (tertiary/aromatic N) is 2. The van der Waals surface area contributed by atoms with E-state index in [0.717, 1.165) is 30.0 Å². The van der Waals surface area contributed by atoms with Crippen molar-refractivity contribution < 1.29 is 19.5 Å². The maximum Gasteiger partial charge on any atom is 0.248 e. The molecule has 0 aromatic heterocycles. The van der Waals surface area contributed by atoms with E-state index in [9.17, 15) is 9.59 Å². The Morgan fingerprint density at radius 3 is 2.54 bits per heavy atom. The predicted octanol–water partition coefficient (Wildman–Crippen LogP) is -0.292. The third-order valence-electron chi connectivity index (χ3n) is 4.54. The summed E-state index contributed by atoms with van der Waals surface area (Å²) in [5.41, 5.74) is 5.88. The summed E-state index contributed by atoms with van der Waals surface area (Å²) in [6.45, 7) is 4.20. The van der Waals surface area contributed by atoms with Gasteiger partial charge in [-0.05, 0) is 23.8 Å². The van der Waals surface area contributed by atoms with Gasteiger partial charge in [-0.2, -0.15) is 0 Å². The van der Waals surface area contributed by atoms with Crippen LogP contribution in [-0.2, 0) is 14.4 Å². The second kappa shape index (κ2) is 8.20. The van der Waals surface area contributed by atoms with E-state index in [4.69, 9.17) is 9.94 Å². The molecule has 3 N–H and O–H groups in total. The lowest BCUT2D eigenvalue weighted by Gasteiger charge is -2.36. The van der Waals surface area contributed by atoms with Gasteiger partial charge in [-0.1, -0.05) is 12.1 Å². The van der Waals surface area contributed by atoms with E-state index < -0.39 is 6.61 Å². The Morgan fingerprint density at radius 2 is 1.92 bits per heavy atom. The van der Waals surface area contributed by atoms with Gasteiger partial charge in [-0.15, -0.1) is 0 Å². The minimum Gasteiger partial charge on any atom is -0.387 e. The lowest BCUT2D eigenvalue weighted by atomic mass is 10.1. The fourth-order valence-electron chi connectivity index (χ4n) is 3.06. The number of rotatable bonds is 5. The quantitative estimate of drug-likeness (QED) is 0.668. The minimum absolute atomic E-state index is 0.0828. The van der Waals surface area contributed by atoms with Crippen LogP contribution in [0.1, 0.15) is 12.5 Å². The van der Waals surface area contributed by atoms with Crippen molar-refractivity contribution in [2.24, 2.45) is 0 Å². The summed E-state index contributed by atoms with van der Waals surface area (Å²) >= 11 is 0. The standard InChI is InChI=1S/C18H24N4O4/c1-13(24)19-11-16-10-17(20-26-16)14-2-4-15(5-3-14)21-6-8-22(9-7-21)18(25)12-23/h2-5,10,16,20,23H,6-9,11-12H2,1H3,(H,19,24). The summed E-state index contributed by atoms with van der Waals surface area (Å²) in [7, 11) is 0. The Kier molecular flexibility index (Phi) is 5.75. The van der Waals surface area contributed by atoms with Crippen molar-refractivity contribution in [3.8, 4) is 0 Å². The summed E-state index contributed by atoms with van der Waals surface area (Å²) < 4.78 is 0. The van der Waals surface area contributed by atoms with Crippen molar-refractivity contribution in [1.29, 1.82) is 0 Å². The van der Waals surface area contributed by atoms with Gasteiger partial charge in [-0.25, -0.2) is 0 Å². The largest absolute Gasteiger partial charge is 0.387 e. The van der Waals surface area contributed by atoms with Crippen molar-refractivity contribution >= 4 is 23.2 Å². The first-order chi connectivity index (χ1) is 12.6. The zero-order chi connectivity index (χ0) is 18.5. The van der Waals surface area contributed by atoms with Crippen molar-refractivity contribution in [3.05, 3.63) is 35.9 Å². The molecule has 8 heteroatoms. The number of carbonyl (C=O) groups is 2. The number of anilines is 1. The number of piperazine rings is 1. The number of aliphatic hydroxyl groups excluding tert-OH is 1. The Hall–Kier alpha value is -2.58. The molecule has 0 spiro atoms. The Morgan fingerprint density at radius 1 is 1.23 bits per heavy atom. The molecule has 2 aliphatic rings. The first-order valence-corrected chi connectivity index (χ1v) is 8.69. The van der Waals surface area contributed by atoms with E-state index in [0.29, 0.717) is 19.6 Å². The molecule has 1 fully saturated rings. The van der Waals surface area contributed by atoms with Gasteiger partial charge in [0.2, 0.25) is 11.8 Å². The minimum atomic E-state index is -0.429. The molecule has 26 heavy (non-hydrogen) atoms. The highest BCUT2D eigenvalue weighted by Crippen LogP contribution is 2.23. The zero-order valence-electron chi connectivity index (χ0n) is 14.8. The van der Waals surface area contributed by atoms with E-state index >= 15 is 0 Å². The summed E-state index contributed by atoms with van der Waals surface area (Å²) in [5, 5.41) is 11.7. The van der Waals surface area contributed by atoms with Crippen molar-refractivity contribution in [1.82, 2.24) is 15.7 Å². The first kappa shape index (κ1) is 18.2. The average molecular weight is 360 g/mol. The molecule has 2 heterocycles. The van der Waals surface area contributed by atoms with Crippen LogP contribution >= 0.6 is 0 Å². The SMILES string of the molecule is CC(=O)NCC1C=C(c2ccc(N3CCN(C(=O)CO)CC3)cc2)NO1. The zero-order valence-corrected chi connectivity index (χ0v) is 14.8. The van der Waals surface area contributed by atoms with Gasteiger partial charge in [-0.3, -0.25) is 19.9 Å². The van der Waals surface area contributed by atoms with E-state index in [1.807, 2.05) is 30.3 Å². The molecule has 0 radical (unpaired) electrons. The Labute approximate surface area is 152 Å². The number of benzene rings is 1. The van der Waals surface area contributed by atoms with E-state index in [1.54, 1.807) is 4.90 Å². The molecule has 1 saturated heterocycles. The lowest BCUT2D eigenvalue weighted by molar-refractivity contribution is -0.134. The molecular formula is C18H24N4O4. The van der Waals surface area contributed by atoms with Gasteiger partial charge >= 0.3 is 0 Å². The molecule has 8 nitrogen and oxygen atoms in total. The van der Waals surface area contributed by atoms with Gasteiger partial charge in [0, 0.05) is 38.8 Å². The molecule has 1 unspecified atom stereocenters. The number of hydrogen-bond acceptors (Lipinski definition) is 6. The van der Waals surface area contributed by atoms with Crippen LogP contribution in [0.25, 0.3) is 5.70 Å². The summed E-state index contributed by atoms with van der Waals surface area (Å²) in [5.74, 6) is -0.298. The van der Waals surface area contributed by atoms with Crippen LogP contribution in [0.15, 0.2) is 30.3 Å². The lowest BCUT2D eigenvalue weighted by Crippen LogP contribution is -2.49. The highest BCUT2D eigenvalue weighted by molar-refractivity contribution is 5.77. The molecule has 1 aromatic rings. The van der Waals surface area contributed by atoms with Crippen LogP contribution < -0.4 is 15.7 Å².